The average molecular weight is 593 g/mol. The molecule has 0 N–H and O–H groups in total. The minimum atomic E-state index is 0.654. The Morgan fingerprint density at radius 1 is 0.422 bits per heavy atom. The van der Waals surface area contributed by atoms with Crippen molar-refractivity contribution in [1.29, 1.82) is 0 Å². The van der Waals surface area contributed by atoms with Crippen molar-refractivity contribution in [2.24, 2.45) is 0 Å². The number of hydrogen-bond donors (Lipinski definition) is 0. The third kappa shape index (κ3) is 4.36. The van der Waals surface area contributed by atoms with Gasteiger partial charge in [-0.15, -0.1) is 11.3 Å². The van der Waals surface area contributed by atoms with Gasteiger partial charge in [0.05, 0.1) is 5.52 Å². The van der Waals surface area contributed by atoms with Crippen LogP contribution in [0.3, 0.4) is 0 Å². The van der Waals surface area contributed by atoms with E-state index in [-0.39, 0.29) is 0 Å². The molecule has 0 amide bonds. The Morgan fingerprint density at radius 3 is 1.78 bits per heavy atom. The van der Waals surface area contributed by atoms with Gasteiger partial charge >= 0.3 is 0 Å². The van der Waals surface area contributed by atoms with Gasteiger partial charge in [0, 0.05) is 53.8 Å². The molecule has 210 valence electrons. The van der Waals surface area contributed by atoms with E-state index in [1.807, 2.05) is 48.7 Å². The summed E-state index contributed by atoms with van der Waals surface area (Å²) in [4.78, 5) is 20.0. The van der Waals surface area contributed by atoms with Crippen LogP contribution in [0.1, 0.15) is 0 Å². The second-order valence-corrected chi connectivity index (χ2v) is 12.1. The van der Waals surface area contributed by atoms with E-state index in [0.717, 1.165) is 48.8 Å². The SMILES string of the molecule is c1ccc(-c2nc(-c3ccccc3)nc(-c3cc(-c4cc5cccnc5c5ccccc45)cc4c3sc3ccccc34)n2)cc1. The summed E-state index contributed by atoms with van der Waals surface area (Å²) in [7, 11) is 0. The monoisotopic (exact) mass is 592 g/mol. The van der Waals surface area contributed by atoms with E-state index in [0.29, 0.717) is 17.5 Å². The molecule has 0 atom stereocenters. The van der Waals surface area contributed by atoms with Crippen molar-refractivity contribution in [3.63, 3.8) is 0 Å². The first-order valence-corrected chi connectivity index (χ1v) is 15.7. The summed E-state index contributed by atoms with van der Waals surface area (Å²) in [6.45, 7) is 0. The molecule has 45 heavy (non-hydrogen) atoms. The second-order valence-electron chi connectivity index (χ2n) is 11.1. The molecule has 0 unspecified atom stereocenters. The molecular weight excluding hydrogens is 569 g/mol. The van der Waals surface area contributed by atoms with Crippen molar-refractivity contribution in [2.75, 3.05) is 0 Å². The zero-order valence-electron chi connectivity index (χ0n) is 24.1. The second kappa shape index (κ2) is 10.4. The van der Waals surface area contributed by atoms with Crippen LogP contribution in [0.5, 0.6) is 0 Å². The minimum Gasteiger partial charge on any atom is -0.256 e. The van der Waals surface area contributed by atoms with Crippen LogP contribution < -0.4 is 0 Å². The molecule has 6 aromatic carbocycles. The highest BCUT2D eigenvalue weighted by Gasteiger charge is 2.19. The molecule has 0 aliphatic carbocycles. The lowest BCUT2D eigenvalue weighted by Crippen LogP contribution is -2.00. The van der Waals surface area contributed by atoms with E-state index in [2.05, 4.69) is 97.1 Å². The summed E-state index contributed by atoms with van der Waals surface area (Å²) < 4.78 is 2.40. The van der Waals surface area contributed by atoms with Crippen LogP contribution in [0.2, 0.25) is 0 Å². The highest BCUT2D eigenvalue weighted by atomic mass is 32.1. The molecule has 0 bridgehead atoms. The fourth-order valence-corrected chi connectivity index (χ4v) is 7.43. The van der Waals surface area contributed by atoms with Gasteiger partial charge in [-0.1, -0.05) is 109 Å². The zero-order valence-corrected chi connectivity index (χ0v) is 24.9. The number of benzene rings is 6. The van der Waals surface area contributed by atoms with Crippen LogP contribution in [-0.2, 0) is 0 Å². The number of fused-ring (bicyclic) bond motifs is 6. The van der Waals surface area contributed by atoms with Crippen molar-refractivity contribution in [3.05, 3.63) is 146 Å². The summed E-state index contributed by atoms with van der Waals surface area (Å²) in [5.41, 5.74) is 6.19. The smallest absolute Gasteiger partial charge is 0.165 e. The lowest BCUT2D eigenvalue weighted by Gasteiger charge is -2.13. The lowest BCUT2D eigenvalue weighted by molar-refractivity contribution is 1.08. The summed E-state index contributed by atoms with van der Waals surface area (Å²) in [5.74, 6) is 1.97. The van der Waals surface area contributed by atoms with E-state index in [1.165, 1.54) is 20.9 Å². The molecule has 4 nitrogen and oxygen atoms in total. The maximum absolute atomic E-state index is 5.14. The van der Waals surface area contributed by atoms with Gasteiger partial charge in [-0.3, -0.25) is 4.98 Å². The first kappa shape index (κ1) is 25.7. The predicted octanol–water partition coefficient (Wildman–Crippen LogP) is 10.6. The molecule has 5 heteroatoms. The lowest BCUT2D eigenvalue weighted by atomic mass is 9.93. The topological polar surface area (TPSA) is 51.6 Å². The third-order valence-electron chi connectivity index (χ3n) is 8.34. The van der Waals surface area contributed by atoms with Crippen LogP contribution in [0, 0.1) is 0 Å². The predicted molar refractivity (Wildman–Crippen MR) is 187 cm³/mol. The van der Waals surface area contributed by atoms with Crippen molar-refractivity contribution in [2.45, 2.75) is 0 Å². The molecule has 9 aromatic rings. The van der Waals surface area contributed by atoms with Gasteiger partial charge in [-0.2, -0.15) is 0 Å². The largest absolute Gasteiger partial charge is 0.256 e. The Balaban J connectivity index is 1.38. The van der Waals surface area contributed by atoms with Crippen molar-refractivity contribution >= 4 is 53.2 Å². The van der Waals surface area contributed by atoms with E-state index in [9.17, 15) is 0 Å². The first-order chi connectivity index (χ1) is 22.3. The number of aromatic nitrogens is 4. The average Bonchev–Trinajstić information content (AvgIpc) is 3.50. The Bertz CT molecular complexity index is 2480. The van der Waals surface area contributed by atoms with Gasteiger partial charge in [0.15, 0.2) is 17.5 Å². The minimum absolute atomic E-state index is 0.654. The van der Waals surface area contributed by atoms with Crippen LogP contribution in [0.4, 0.5) is 0 Å². The van der Waals surface area contributed by atoms with Crippen molar-refractivity contribution in [3.8, 4) is 45.3 Å². The first-order valence-electron chi connectivity index (χ1n) is 14.9. The van der Waals surface area contributed by atoms with Gasteiger partial charge in [-0.05, 0) is 46.8 Å². The molecule has 0 fully saturated rings. The Kier molecular flexibility index (Phi) is 5.96. The zero-order chi connectivity index (χ0) is 29.7. The maximum Gasteiger partial charge on any atom is 0.165 e. The van der Waals surface area contributed by atoms with E-state index in [1.54, 1.807) is 11.3 Å². The van der Waals surface area contributed by atoms with Gasteiger partial charge in [0.1, 0.15) is 0 Å². The number of pyridine rings is 1. The van der Waals surface area contributed by atoms with Crippen molar-refractivity contribution < 1.29 is 0 Å². The molecule has 0 saturated carbocycles. The molecule has 3 heterocycles. The summed E-state index contributed by atoms with van der Waals surface area (Å²) in [6.07, 6.45) is 1.87. The van der Waals surface area contributed by atoms with E-state index < -0.39 is 0 Å². The van der Waals surface area contributed by atoms with Gasteiger partial charge in [-0.25, -0.2) is 15.0 Å². The Hall–Kier alpha value is -5.78. The quantitative estimate of drug-likeness (QED) is 0.191. The van der Waals surface area contributed by atoms with Gasteiger partial charge in [0.2, 0.25) is 0 Å². The standard InChI is InChI=1S/C40H24N4S/c1-3-12-25(13-4-1)38-42-39(26-14-5-2-6-15-26)44-40(43-38)34-24-28(23-33-30-18-9-10-20-35(30)45-37(33)34)32-22-27-16-11-21-41-36(27)31-19-8-7-17-29(31)32/h1-24H. The number of hydrogen-bond acceptors (Lipinski definition) is 5. The molecule has 0 aliphatic rings. The number of rotatable bonds is 4. The fraction of sp³-hybridized carbons (Fsp3) is 0. The van der Waals surface area contributed by atoms with Crippen LogP contribution in [0.25, 0.3) is 87.1 Å². The highest BCUT2D eigenvalue weighted by Crippen LogP contribution is 2.44. The molecule has 0 spiro atoms. The Labute approximate surface area is 263 Å². The normalized spacial score (nSPS) is 11.6. The van der Waals surface area contributed by atoms with Crippen LogP contribution in [0.15, 0.2) is 146 Å². The molecule has 9 rings (SSSR count). The number of thiophene rings is 1. The van der Waals surface area contributed by atoms with E-state index in [4.69, 9.17) is 19.9 Å². The molecule has 3 aromatic heterocycles. The van der Waals surface area contributed by atoms with Crippen LogP contribution >= 0.6 is 11.3 Å². The summed E-state index contributed by atoms with van der Waals surface area (Å²) in [5, 5.41) is 5.84. The number of nitrogens with zero attached hydrogens (tertiary/aromatic N) is 4. The molecular formula is C40H24N4S. The molecule has 0 radical (unpaired) electrons. The van der Waals surface area contributed by atoms with Gasteiger partial charge in [0.25, 0.3) is 0 Å². The van der Waals surface area contributed by atoms with Gasteiger partial charge < -0.3 is 0 Å². The van der Waals surface area contributed by atoms with Crippen LogP contribution in [-0.4, -0.2) is 19.9 Å². The highest BCUT2D eigenvalue weighted by molar-refractivity contribution is 7.26. The summed E-state index contributed by atoms with van der Waals surface area (Å²) >= 11 is 1.79. The van der Waals surface area contributed by atoms with E-state index >= 15 is 0 Å². The molecule has 0 aliphatic heterocycles. The third-order valence-corrected chi connectivity index (χ3v) is 9.56. The Morgan fingerprint density at radius 2 is 1.04 bits per heavy atom. The summed E-state index contributed by atoms with van der Waals surface area (Å²) in [6, 6.07) is 48.5. The maximum atomic E-state index is 5.14. The fourth-order valence-electron chi connectivity index (χ4n) is 6.23. The van der Waals surface area contributed by atoms with Crippen molar-refractivity contribution in [1.82, 2.24) is 19.9 Å². The molecule has 0 saturated heterocycles.